The van der Waals surface area contributed by atoms with Crippen molar-refractivity contribution in [2.24, 2.45) is 0 Å². The van der Waals surface area contributed by atoms with Crippen LogP contribution in [0.15, 0.2) is 0 Å². The zero-order chi connectivity index (χ0) is 7.98. The van der Waals surface area contributed by atoms with Crippen LogP contribution in [0.3, 0.4) is 0 Å². The van der Waals surface area contributed by atoms with Gasteiger partial charge in [-0.1, -0.05) is 0 Å². The number of hydrogen-bond donors (Lipinski definition) is 1. The van der Waals surface area contributed by atoms with Crippen molar-refractivity contribution in [2.75, 3.05) is 6.61 Å². The van der Waals surface area contributed by atoms with E-state index in [2.05, 4.69) is 8.92 Å². The van der Waals surface area contributed by atoms with E-state index in [1.54, 1.807) is 0 Å². The van der Waals surface area contributed by atoms with Crippen LogP contribution in [0.5, 0.6) is 0 Å². The maximum atomic E-state index is 9.92. The fraction of sp³-hybridized carbons (Fsp3) is 0.750. The molecule has 0 radical (unpaired) electrons. The molecule has 6 heteroatoms. The molecule has 0 rings (SSSR count). The van der Waals surface area contributed by atoms with Crippen molar-refractivity contribution in [1.82, 2.24) is 0 Å². The molecule has 2 unspecified atom stereocenters. The normalized spacial score (nSPS) is 15.8. The Kier molecular flexibility index (Phi) is 5.09. The molecule has 5 nitrogen and oxygen atoms in total. The number of hydrogen-bond acceptors (Lipinski definition) is 4. The molecule has 60 valence electrons. The summed E-state index contributed by atoms with van der Waals surface area (Å²) in [5.41, 5.74) is 0. The van der Waals surface area contributed by atoms with Crippen LogP contribution in [0.4, 0.5) is 0 Å². The van der Waals surface area contributed by atoms with Gasteiger partial charge in [0.25, 0.3) is 6.47 Å². The van der Waals surface area contributed by atoms with E-state index in [9.17, 15) is 9.00 Å². The summed E-state index contributed by atoms with van der Waals surface area (Å²) in [5.74, 6) is 0. The highest BCUT2D eigenvalue weighted by Gasteiger charge is 2.04. The summed E-state index contributed by atoms with van der Waals surface area (Å²) in [6.45, 7) is 1.74. The van der Waals surface area contributed by atoms with E-state index in [1.165, 1.54) is 6.92 Å². The fourth-order valence-corrected chi connectivity index (χ4v) is 0.680. The van der Waals surface area contributed by atoms with Gasteiger partial charge in [0.15, 0.2) is 0 Å². The van der Waals surface area contributed by atoms with Gasteiger partial charge in [-0.15, -0.1) is 0 Å². The Morgan fingerprint density at radius 2 is 2.40 bits per heavy atom. The minimum atomic E-state index is -2.30. The van der Waals surface area contributed by atoms with Crippen molar-refractivity contribution in [2.45, 2.75) is 13.0 Å². The molecule has 0 aliphatic carbocycles. The van der Waals surface area contributed by atoms with Crippen LogP contribution >= 0.6 is 0 Å². The molecule has 0 aromatic rings. The lowest BCUT2D eigenvalue weighted by molar-refractivity contribution is -0.130. The Balaban J connectivity index is 3.33. The standard InChI is InChI=1S/C4H8O5S/c1-4(2-8-3-5)9-10(6)7/h3-4H,2H2,1H3,(H,6,7). The van der Waals surface area contributed by atoms with E-state index in [0.717, 1.165) is 0 Å². The van der Waals surface area contributed by atoms with Gasteiger partial charge >= 0.3 is 11.4 Å². The number of carbonyl (C=O) groups excluding carboxylic acids is 1. The number of carbonyl (C=O) groups is 1. The lowest BCUT2D eigenvalue weighted by atomic mass is 10.5. The molecular weight excluding hydrogens is 160 g/mol. The molecule has 0 heterocycles. The minimum Gasteiger partial charge on any atom is -0.465 e. The molecular formula is C4H8O5S. The summed E-state index contributed by atoms with van der Waals surface area (Å²) in [6.07, 6.45) is -0.559. The number of rotatable bonds is 5. The molecule has 0 aromatic carbocycles. The summed E-state index contributed by atoms with van der Waals surface area (Å²) in [6, 6.07) is 0. The average Bonchev–Trinajstić information content (AvgIpc) is 1.82. The SMILES string of the molecule is CC(COC=O)OS(=O)O. The van der Waals surface area contributed by atoms with Gasteiger partial charge in [-0.25, -0.2) is 0 Å². The third kappa shape index (κ3) is 5.67. The van der Waals surface area contributed by atoms with E-state index >= 15 is 0 Å². The van der Waals surface area contributed by atoms with Gasteiger partial charge in [-0.05, 0) is 6.92 Å². The number of ether oxygens (including phenoxy) is 1. The van der Waals surface area contributed by atoms with Gasteiger partial charge in [-0.2, -0.15) is 4.21 Å². The van der Waals surface area contributed by atoms with Crippen molar-refractivity contribution in [3.63, 3.8) is 0 Å². The highest BCUT2D eigenvalue weighted by Crippen LogP contribution is 1.92. The first-order valence-corrected chi connectivity index (χ1v) is 3.53. The van der Waals surface area contributed by atoms with Crippen molar-refractivity contribution in [1.29, 1.82) is 0 Å². The van der Waals surface area contributed by atoms with E-state index in [1.807, 2.05) is 0 Å². The van der Waals surface area contributed by atoms with Crippen molar-refractivity contribution >= 4 is 17.8 Å². The molecule has 0 fully saturated rings. The first-order valence-electron chi connectivity index (χ1n) is 2.50. The Bertz CT molecular complexity index is 125. The van der Waals surface area contributed by atoms with Crippen molar-refractivity contribution in [3.8, 4) is 0 Å². The van der Waals surface area contributed by atoms with Crippen molar-refractivity contribution < 1.29 is 22.5 Å². The van der Waals surface area contributed by atoms with E-state index in [-0.39, 0.29) is 13.1 Å². The predicted octanol–water partition coefficient (Wildman–Crippen LogP) is -0.299. The topological polar surface area (TPSA) is 72.8 Å². The van der Waals surface area contributed by atoms with E-state index in [0.29, 0.717) is 0 Å². The molecule has 0 bridgehead atoms. The van der Waals surface area contributed by atoms with E-state index < -0.39 is 17.5 Å². The monoisotopic (exact) mass is 168 g/mol. The van der Waals surface area contributed by atoms with Crippen LogP contribution < -0.4 is 0 Å². The highest BCUT2D eigenvalue weighted by molar-refractivity contribution is 7.74. The van der Waals surface area contributed by atoms with Gasteiger partial charge in [-0.3, -0.25) is 13.5 Å². The molecule has 1 N–H and O–H groups in total. The Labute approximate surface area is 60.8 Å². The third-order valence-electron chi connectivity index (χ3n) is 0.646. The van der Waals surface area contributed by atoms with Gasteiger partial charge < -0.3 is 4.74 Å². The van der Waals surface area contributed by atoms with Crippen LogP contribution in [0, 0.1) is 0 Å². The third-order valence-corrected chi connectivity index (χ3v) is 1.14. The van der Waals surface area contributed by atoms with Gasteiger partial charge in [0.2, 0.25) is 0 Å². The van der Waals surface area contributed by atoms with Crippen LogP contribution in [0.1, 0.15) is 6.92 Å². The largest absolute Gasteiger partial charge is 0.465 e. The van der Waals surface area contributed by atoms with Gasteiger partial charge in [0, 0.05) is 0 Å². The second-order valence-electron chi connectivity index (χ2n) is 1.55. The molecule has 2 atom stereocenters. The van der Waals surface area contributed by atoms with Crippen LogP contribution in [-0.4, -0.2) is 27.9 Å². The molecule has 10 heavy (non-hydrogen) atoms. The molecule has 0 saturated heterocycles. The van der Waals surface area contributed by atoms with Crippen LogP contribution in [0.2, 0.25) is 0 Å². The summed E-state index contributed by atoms with van der Waals surface area (Å²) in [7, 11) is 0. The summed E-state index contributed by atoms with van der Waals surface area (Å²) in [5, 5.41) is 0. The van der Waals surface area contributed by atoms with Crippen LogP contribution in [0.25, 0.3) is 0 Å². The summed E-state index contributed by atoms with van der Waals surface area (Å²) >= 11 is -2.30. The Morgan fingerprint density at radius 1 is 1.80 bits per heavy atom. The first kappa shape index (κ1) is 9.54. The second kappa shape index (κ2) is 5.33. The quantitative estimate of drug-likeness (QED) is 0.450. The molecule has 0 spiro atoms. The van der Waals surface area contributed by atoms with Gasteiger partial charge in [0.05, 0.1) is 0 Å². The van der Waals surface area contributed by atoms with E-state index in [4.69, 9.17) is 4.55 Å². The fourth-order valence-electron chi connectivity index (χ4n) is 0.343. The molecule has 0 saturated carbocycles. The lowest BCUT2D eigenvalue weighted by Gasteiger charge is -2.05. The zero-order valence-corrected chi connectivity index (χ0v) is 6.17. The molecule has 0 aliphatic rings. The smallest absolute Gasteiger partial charge is 0.302 e. The minimum absolute atomic E-state index is 0.0181. The molecule has 0 aliphatic heterocycles. The summed E-state index contributed by atoms with van der Waals surface area (Å²) in [4.78, 5) is 9.58. The maximum absolute atomic E-state index is 9.92. The average molecular weight is 168 g/mol. The zero-order valence-electron chi connectivity index (χ0n) is 5.35. The summed E-state index contributed by atoms with van der Waals surface area (Å²) < 4.78 is 26.6. The second-order valence-corrected chi connectivity index (χ2v) is 2.18. The maximum Gasteiger partial charge on any atom is 0.302 e. The Morgan fingerprint density at radius 3 is 2.80 bits per heavy atom. The van der Waals surface area contributed by atoms with Crippen LogP contribution in [-0.2, 0) is 25.1 Å². The first-order chi connectivity index (χ1) is 4.66. The molecule has 0 amide bonds. The predicted molar refractivity (Wildman–Crippen MR) is 33.3 cm³/mol. The van der Waals surface area contributed by atoms with Gasteiger partial charge in [0.1, 0.15) is 12.7 Å². The lowest BCUT2D eigenvalue weighted by Crippen LogP contribution is -2.16. The van der Waals surface area contributed by atoms with Crippen molar-refractivity contribution in [3.05, 3.63) is 0 Å². The molecule has 0 aromatic heterocycles. The Hall–Kier alpha value is -0.460. The highest BCUT2D eigenvalue weighted by atomic mass is 32.2.